The monoisotopic (exact) mass is 590 g/mol. The summed E-state index contributed by atoms with van der Waals surface area (Å²) in [6, 6.07) is 30.4. The molecule has 1 aliphatic heterocycles. The first-order valence-corrected chi connectivity index (χ1v) is 16.2. The summed E-state index contributed by atoms with van der Waals surface area (Å²) in [6.07, 6.45) is -3.20. The summed E-state index contributed by atoms with van der Waals surface area (Å²) in [5.41, 5.74) is 0.960. The maximum Gasteiger partial charge on any atom is 0.303 e. The number of ether oxygens (including phenoxy) is 4. The average Bonchev–Trinajstić information content (AvgIpc) is 2.98. The molecule has 0 aliphatic carbocycles. The van der Waals surface area contributed by atoms with Crippen molar-refractivity contribution in [2.24, 2.45) is 0 Å². The first kappa shape index (κ1) is 31.8. The zero-order valence-corrected chi connectivity index (χ0v) is 25.8. The zero-order valence-electron chi connectivity index (χ0n) is 24.8. The van der Waals surface area contributed by atoms with E-state index in [1.54, 1.807) is 6.08 Å². The van der Waals surface area contributed by atoms with Crippen LogP contribution in [0, 0.1) is 0 Å². The second-order valence-corrected chi connectivity index (χ2v) is 15.8. The van der Waals surface area contributed by atoms with Crippen LogP contribution in [0.25, 0.3) is 0 Å². The lowest BCUT2D eigenvalue weighted by molar-refractivity contribution is -0.304. The third-order valence-corrected chi connectivity index (χ3v) is 12.5. The fourth-order valence-electron chi connectivity index (χ4n) is 5.65. The van der Waals surface area contributed by atoms with Gasteiger partial charge in [0, 0.05) is 6.92 Å². The van der Waals surface area contributed by atoms with Gasteiger partial charge in [-0.3, -0.25) is 4.79 Å². The molecule has 7 nitrogen and oxygen atoms in total. The largest absolute Gasteiger partial charge is 0.454 e. The van der Waals surface area contributed by atoms with Gasteiger partial charge in [-0.15, -0.1) is 6.58 Å². The maximum absolute atomic E-state index is 12.0. The summed E-state index contributed by atoms with van der Waals surface area (Å²) in [4.78, 5) is 12.0. The molecule has 224 valence electrons. The summed E-state index contributed by atoms with van der Waals surface area (Å²) >= 11 is 0. The highest BCUT2D eigenvalue weighted by Gasteiger charge is 2.53. The zero-order chi connectivity index (χ0) is 30.2. The minimum absolute atomic E-state index is 0.116. The molecular weight excluding hydrogens is 548 g/mol. The highest BCUT2D eigenvalue weighted by atomic mass is 28.4. The van der Waals surface area contributed by atoms with Crippen LogP contribution in [0.1, 0.15) is 33.3 Å². The van der Waals surface area contributed by atoms with E-state index in [1.165, 1.54) is 6.92 Å². The van der Waals surface area contributed by atoms with E-state index in [4.69, 9.17) is 23.4 Å². The molecular formula is C34H42O7Si. The predicted octanol–water partition coefficient (Wildman–Crippen LogP) is 4.37. The fraction of sp³-hybridized carbons (Fsp3) is 0.382. The highest BCUT2D eigenvalue weighted by Crippen LogP contribution is 2.38. The van der Waals surface area contributed by atoms with Gasteiger partial charge in [0.05, 0.1) is 19.8 Å². The van der Waals surface area contributed by atoms with Gasteiger partial charge in [-0.1, -0.05) is 118 Å². The second-order valence-electron chi connectivity index (χ2n) is 11.5. The predicted molar refractivity (Wildman–Crippen MR) is 165 cm³/mol. The number of esters is 1. The van der Waals surface area contributed by atoms with E-state index in [9.17, 15) is 9.90 Å². The van der Waals surface area contributed by atoms with E-state index in [-0.39, 0.29) is 24.9 Å². The van der Waals surface area contributed by atoms with Crippen molar-refractivity contribution in [3.63, 3.8) is 0 Å². The topological polar surface area (TPSA) is 83.5 Å². The van der Waals surface area contributed by atoms with Gasteiger partial charge < -0.3 is 28.5 Å². The molecule has 4 rings (SSSR count). The van der Waals surface area contributed by atoms with Crippen molar-refractivity contribution in [2.45, 2.75) is 70.0 Å². The van der Waals surface area contributed by atoms with E-state index in [2.05, 4.69) is 51.6 Å². The van der Waals surface area contributed by atoms with Crippen LogP contribution in [-0.4, -0.2) is 63.3 Å². The molecule has 0 aromatic heterocycles. The van der Waals surface area contributed by atoms with Crippen molar-refractivity contribution < 1.29 is 33.3 Å². The number of carbonyl (C=O) groups excluding carboxylic acids is 1. The Morgan fingerprint density at radius 2 is 1.43 bits per heavy atom. The normalized spacial score (nSPS) is 22.8. The molecule has 1 heterocycles. The van der Waals surface area contributed by atoms with Crippen molar-refractivity contribution in [1.82, 2.24) is 0 Å². The highest BCUT2D eigenvalue weighted by molar-refractivity contribution is 6.99. The van der Waals surface area contributed by atoms with Crippen LogP contribution in [0.5, 0.6) is 0 Å². The number of hydrogen-bond donors (Lipinski definition) is 1. The van der Waals surface area contributed by atoms with E-state index in [1.807, 2.05) is 66.7 Å². The van der Waals surface area contributed by atoms with Gasteiger partial charge >= 0.3 is 5.97 Å². The Kier molecular flexibility index (Phi) is 10.9. The average molecular weight is 591 g/mol. The molecule has 3 aromatic rings. The molecule has 0 amide bonds. The Labute approximate surface area is 250 Å². The molecule has 3 aromatic carbocycles. The molecule has 0 saturated carbocycles. The van der Waals surface area contributed by atoms with Crippen molar-refractivity contribution in [2.75, 3.05) is 13.2 Å². The second kappa shape index (κ2) is 14.4. The Bertz CT molecular complexity index is 1220. The lowest BCUT2D eigenvalue weighted by Gasteiger charge is -2.47. The van der Waals surface area contributed by atoms with Crippen LogP contribution in [0.3, 0.4) is 0 Å². The van der Waals surface area contributed by atoms with Gasteiger partial charge in [0.2, 0.25) is 0 Å². The SMILES string of the molecule is C=CCO[C@H]1[C@H](OCc2ccccc2)[C@@H](CO[Si](c2ccccc2)(c2ccccc2)C(C)(C)C)OC(O)[C@@H]1OC(C)=O. The molecule has 1 fully saturated rings. The van der Waals surface area contributed by atoms with Crippen LogP contribution in [0.15, 0.2) is 104 Å². The Morgan fingerprint density at radius 3 is 1.93 bits per heavy atom. The number of aliphatic hydroxyl groups excluding tert-OH is 1. The molecule has 1 aliphatic rings. The molecule has 0 spiro atoms. The first-order chi connectivity index (χ1) is 20.2. The van der Waals surface area contributed by atoms with Crippen LogP contribution in [0.2, 0.25) is 5.04 Å². The van der Waals surface area contributed by atoms with Crippen LogP contribution < -0.4 is 10.4 Å². The Morgan fingerprint density at radius 1 is 0.881 bits per heavy atom. The Hall–Kier alpha value is -3.11. The van der Waals surface area contributed by atoms with Crippen molar-refractivity contribution >= 4 is 24.7 Å². The van der Waals surface area contributed by atoms with Gasteiger partial charge in [0.25, 0.3) is 8.32 Å². The smallest absolute Gasteiger partial charge is 0.303 e. The Balaban J connectivity index is 1.73. The lowest BCUT2D eigenvalue weighted by atomic mass is 9.98. The van der Waals surface area contributed by atoms with E-state index in [0.29, 0.717) is 0 Å². The van der Waals surface area contributed by atoms with E-state index >= 15 is 0 Å². The fourth-order valence-corrected chi connectivity index (χ4v) is 10.2. The molecule has 42 heavy (non-hydrogen) atoms. The first-order valence-electron chi connectivity index (χ1n) is 14.3. The number of aliphatic hydroxyl groups is 1. The van der Waals surface area contributed by atoms with Crippen molar-refractivity contribution in [3.8, 4) is 0 Å². The van der Waals surface area contributed by atoms with Gasteiger partial charge in [-0.25, -0.2) is 0 Å². The molecule has 0 bridgehead atoms. The third-order valence-electron chi connectivity index (χ3n) is 7.48. The van der Waals surface area contributed by atoms with Crippen molar-refractivity contribution in [1.29, 1.82) is 0 Å². The van der Waals surface area contributed by atoms with E-state index in [0.717, 1.165) is 15.9 Å². The quantitative estimate of drug-likeness (QED) is 0.191. The van der Waals surface area contributed by atoms with Gasteiger partial charge in [0.1, 0.15) is 18.3 Å². The minimum atomic E-state index is -2.92. The number of carbonyl (C=O) groups is 1. The van der Waals surface area contributed by atoms with Gasteiger partial charge in [-0.2, -0.15) is 0 Å². The number of rotatable bonds is 12. The summed E-state index contributed by atoms with van der Waals surface area (Å²) in [5.74, 6) is -0.557. The molecule has 1 saturated heterocycles. The third kappa shape index (κ3) is 7.26. The minimum Gasteiger partial charge on any atom is -0.454 e. The van der Waals surface area contributed by atoms with Crippen LogP contribution >= 0.6 is 0 Å². The molecule has 8 heteroatoms. The maximum atomic E-state index is 12.0. The molecule has 1 N–H and O–H groups in total. The lowest BCUT2D eigenvalue weighted by Crippen LogP contribution is -2.68. The summed E-state index contributed by atoms with van der Waals surface area (Å²) in [5, 5.41) is 13.1. The van der Waals surface area contributed by atoms with Gasteiger partial charge in [-0.05, 0) is 21.0 Å². The summed E-state index contributed by atoms with van der Waals surface area (Å²) in [6.45, 7) is 12.2. The summed E-state index contributed by atoms with van der Waals surface area (Å²) in [7, 11) is -2.92. The van der Waals surface area contributed by atoms with Crippen LogP contribution in [0.4, 0.5) is 0 Å². The van der Waals surface area contributed by atoms with Crippen LogP contribution in [-0.2, 0) is 34.8 Å². The molecule has 1 unspecified atom stereocenters. The summed E-state index contributed by atoms with van der Waals surface area (Å²) < 4.78 is 31.4. The molecule has 5 atom stereocenters. The van der Waals surface area contributed by atoms with Crippen molar-refractivity contribution in [3.05, 3.63) is 109 Å². The number of hydrogen-bond acceptors (Lipinski definition) is 7. The number of benzene rings is 3. The molecule has 0 radical (unpaired) electrons. The van der Waals surface area contributed by atoms with E-state index < -0.39 is 45.0 Å². The standard InChI is InChI=1S/C34H42O7Si/c1-6-22-37-31-30(38-23-26-16-10-7-11-17-26)29(41-33(36)32(31)40-25(2)35)24-39-42(34(3,4)5,27-18-12-8-13-19-27)28-20-14-9-15-21-28/h6-21,29-33,36H,1,22-24H2,2-5H3/t29-,30-,31+,32-,33?/m1/s1. The van der Waals surface area contributed by atoms with Gasteiger partial charge in [0.15, 0.2) is 12.4 Å².